The van der Waals surface area contributed by atoms with Gasteiger partial charge in [-0.15, -0.1) is 0 Å². The number of rotatable bonds is 2. The Bertz CT molecular complexity index is 773. The molecule has 1 aliphatic rings. The van der Waals surface area contributed by atoms with E-state index in [4.69, 9.17) is 5.73 Å². The fourth-order valence-corrected chi connectivity index (χ4v) is 4.47. The van der Waals surface area contributed by atoms with Crippen molar-refractivity contribution in [1.82, 2.24) is 0 Å². The van der Waals surface area contributed by atoms with Crippen molar-refractivity contribution in [3.8, 4) is 0 Å². The van der Waals surface area contributed by atoms with E-state index >= 15 is 0 Å². The molecule has 1 aliphatic heterocycles. The van der Waals surface area contributed by atoms with Gasteiger partial charge < -0.3 is 5.73 Å². The minimum atomic E-state index is -3.52. The highest BCUT2D eigenvalue weighted by Crippen LogP contribution is 2.33. The molecule has 0 aliphatic carbocycles. The number of anilines is 2. The third-order valence-electron chi connectivity index (χ3n) is 3.58. The van der Waals surface area contributed by atoms with E-state index in [2.05, 4.69) is 22.6 Å². The number of hydrogen-bond donors (Lipinski definition) is 1. The van der Waals surface area contributed by atoms with E-state index in [0.29, 0.717) is 17.1 Å². The fourth-order valence-electron chi connectivity index (χ4n) is 2.57. The first-order valence-corrected chi connectivity index (χ1v) is 9.17. The van der Waals surface area contributed by atoms with Crippen molar-refractivity contribution >= 4 is 44.0 Å². The summed E-state index contributed by atoms with van der Waals surface area (Å²) < 4.78 is 28.2. The summed E-state index contributed by atoms with van der Waals surface area (Å²) in [6.07, 6.45) is 1.67. The van der Waals surface area contributed by atoms with Crippen molar-refractivity contribution in [2.45, 2.75) is 17.7 Å². The minimum absolute atomic E-state index is 0.326. The molecule has 2 aromatic carbocycles. The monoisotopic (exact) mass is 414 g/mol. The number of sulfonamides is 1. The summed E-state index contributed by atoms with van der Waals surface area (Å²) in [5, 5.41) is 0. The van der Waals surface area contributed by atoms with Crippen LogP contribution in [0.1, 0.15) is 12.0 Å². The Kier molecular flexibility index (Phi) is 3.83. The number of nitrogens with zero attached hydrogens (tertiary/aromatic N) is 1. The first-order chi connectivity index (χ1) is 9.98. The molecule has 1 heterocycles. The van der Waals surface area contributed by atoms with E-state index in [0.717, 1.165) is 27.7 Å². The molecule has 110 valence electrons. The summed E-state index contributed by atoms with van der Waals surface area (Å²) in [7, 11) is -3.52. The Morgan fingerprint density at radius 3 is 2.52 bits per heavy atom. The smallest absolute Gasteiger partial charge is 0.264 e. The van der Waals surface area contributed by atoms with E-state index in [1.807, 2.05) is 6.07 Å². The molecule has 0 unspecified atom stereocenters. The molecule has 0 bridgehead atoms. The highest BCUT2D eigenvalue weighted by molar-refractivity contribution is 14.1. The van der Waals surface area contributed by atoms with Gasteiger partial charge in [-0.1, -0.05) is 0 Å². The van der Waals surface area contributed by atoms with Gasteiger partial charge in [0.25, 0.3) is 10.0 Å². The quantitative estimate of drug-likeness (QED) is 0.607. The van der Waals surface area contributed by atoms with Crippen LogP contribution in [0.15, 0.2) is 47.4 Å². The summed E-state index contributed by atoms with van der Waals surface area (Å²) in [5.41, 5.74) is 8.20. The van der Waals surface area contributed by atoms with Gasteiger partial charge in [0.05, 0.1) is 10.6 Å². The van der Waals surface area contributed by atoms with Crippen LogP contribution in [0.25, 0.3) is 0 Å². The standard InChI is InChI=1S/C15H15IN2O2S/c16-12-3-6-14(7-4-12)21(19,20)18-9-1-2-11-10-13(17)5-8-15(11)18/h3-8,10H,1-2,9,17H2. The number of hydrogen-bond acceptors (Lipinski definition) is 3. The van der Waals surface area contributed by atoms with Gasteiger partial charge in [-0.2, -0.15) is 0 Å². The lowest BCUT2D eigenvalue weighted by molar-refractivity contribution is 0.586. The molecule has 4 nitrogen and oxygen atoms in total. The highest BCUT2D eigenvalue weighted by Gasteiger charge is 2.28. The van der Waals surface area contributed by atoms with E-state index in [9.17, 15) is 8.42 Å². The predicted molar refractivity (Wildman–Crippen MR) is 92.9 cm³/mol. The number of aryl methyl sites for hydroxylation is 1. The minimum Gasteiger partial charge on any atom is -0.399 e. The van der Waals surface area contributed by atoms with Crippen molar-refractivity contribution in [1.29, 1.82) is 0 Å². The molecule has 0 radical (unpaired) electrons. The maximum atomic E-state index is 12.8. The Morgan fingerprint density at radius 2 is 1.81 bits per heavy atom. The van der Waals surface area contributed by atoms with E-state index in [1.165, 1.54) is 4.31 Å². The number of nitrogen functional groups attached to an aromatic ring is 1. The molecule has 2 aromatic rings. The topological polar surface area (TPSA) is 63.4 Å². The van der Waals surface area contributed by atoms with Crippen LogP contribution in [0.2, 0.25) is 0 Å². The second kappa shape index (κ2) is 5.49. The maximum absolute atomic E-state index is 12.8. The van der Waals surface area contributed by atoms with Gasteiger partial charge in [0.1, 0.15) is 0 Å². The number of halogens is 1. The normalized spacial score (nSPS) is 14.8. The van der Waals surface area contributed by atoms with Crippen LogP contribution < -0.4 is 10.0 Å². The van der Waals surface area contributed by atoms with Crippen molar-refractivity contribution in [3.63, 3.8) is 0 Å². The molecule has 0 spiro atoms. The largest absolute Gasteiger partial charge is 0.399 e. The molecule has 0 amide bonds. The van der Waals surface area contributed by atoms with Crippen molar-refractivity contribution < 1.29 is 8.42 Å². The lowest BCUT2D eigenvalue weighted by atomic mass is 10.0. The first-order valence-electron chi connectivity index (χ1n) is 6.65. The van der Waals surface area contributed by atoms with Gasteiger partial charge in [-0.3, -0.25) is 4.31 Å². The Morgan fingerprint density at radius 1 is 1.10 bits per heavy atom. The summed E-state index contributed by atoms with van der Waals surface area (Å²) in [4.78, 5) is 0.326. The molecule has 0 saturated carbocycles. The zero-order valence-electron chi connectivity index (χ0n) is 11.3. The molecule has 0 saturated heterocycles. The molecule has 0 atom stereocenters. The average Bonchev–Trinajstić information content (AvgIpc) is 2.46. The lowest BCUT2D eigenvalue weighted by Gasteiger charge is -2.30. The van der Waals surface area contributed by atoms with Gasteiger partial charge in [0.15, 0.2) is 0 Å². The average molecular weight is 414 g/mol. The SMILES string of the molecule is Nc1ccc2c(c1)CCCN2S(=O)(=O)c1ccc(I)cc1. The van der Waals surface area contributed by atoms with Gasteiger partial charge in [0.2, 0.25) is 0 Å². The first kappa shape index (κ1) is 14.6. The van der Waals surface area contributed by atoms with Gasteiger partial charge in [-0.05, 0) is 83.5 Å². The third-order valence-corrected chi connectivity index (χ3v) is 6.13. The zero-order chi connectivity index (χ0) is 15.0. The summed E-state index contributed by atoms with van der Waals surface area (Å²) in [6, 6.07) is 12.3. The van der Waals surface area contributed by atoms with Crippen LogP contribution in [0.5, 0.6) is 0 Å². The van der Waals surface area contributed by atoms with Crippen molar-refractivity contribution in [2.24, 2.45) is 0 Å². The number of nitrogens with two attached hydrogens (primary N) is 1. The summed E-state index contributed by atoms with van der Waals surface area (Å²) >= 11 is 2.16. The van der Waals surface area contributed by atoms with E-state index < -0.39 is 10.0 Å². The molecule has 0 aromatic heterocycles. The van der Waals surface area contributed by atoms with Crippen LogP contribution in [0.3, 0.4) is 0 Å². The summed E-state index contributed by atoms with van der Waals surface area (Å²) in [6.45, 7) is 0.505. The Labute approximate surface area is 138 Å². The van der Waals surface area contributed by atoms with Crippen molar-refractivity contribution in [2.75, 3.05) is 16.6 Å². The highest BCUT2D eigenvalue weighted by atomic mass is 127. The van der Waals surface area contributed by atoms with Crippen LogP contribution in [0, 0.1) is 3.57 Å². The zero-order valence-corrected chi connectivity index (χ0v) is 14.3. The second-order valence-electron chi connectivity index (χ2n) is 5.02. The Balaban J connectivity index is 2.07. The number of benzene rings is 2. The van der Waals surface area contributed by atoms with Gasteiger partial charge in [-0.25, -0.2) is 8.42 Å². The number of fused-ring (bicyclic) bond motifs is 1. The van der Waals surface area contributed by atoms with Crippen LogP contribution >= 0.6 is 22.6 Å². The van der Waals surface area contributed by atoms with Crippen molar-refractivity contribution in [3.05, 3.63) is 51.6 Å². The molecular formula is C15H15IN2O2S. The lowest BCUT2D eigenvalue weighted by Crippen LogP contribution is -2.35. The molecular weight excluding hydrogens is 399 g/mol. The maximum Gasteiger partial charge on any atom is 0.264 e. The third kappa shape index (κ3) is 2.74. The molecule has 0 fully saturated rings. The molecule has 6 heteroatoms. The van der Waals surface area contributed by atoms with E-state index in [1.54, 1.807) is 36.4 Å². The van der Waals surface area contributed by atoms with Crippen LogP contribution in [-0.4, -0.2) is 15.0 Å². The van der Waals surface area contributed by atoms with Crippen LogP contribution in [-0.2, 0) is 16.4 Å². The summed E-state index contributed by atoms with van der Waals surface area (Å²) in [5.74, 6) is 0. The molecule has 2 N–H and O–H groups in total. The predicted octanol–water partition coefficient (Wildman–Crippen LogP) is 3.01. The van der Waals surface area contributed by atoms with Gasteiger partial charge >= 0.3 is 0 Å². The molecule has 3 rings (SSSR count). The molecule has 21 heavy (non-hydrogen) atoms. The fraction of sp³-hybridized carbons (Fsp3) is 0.200. The van der Waals surface area contributed by atoms with E-state index in [-0.39, 0.29) is 0 Å². The van der Waals surface area contributed by atoms with Gasteiger partial charge in [0, 0.05) is 15.8 Å². The second-order valence-corrected chi connectivity index (χ2v) is 8.13. The van der Waals surface area contributed by atoms with Crippen LogP contribution in [0.4, 0.5) is 11.4 Å². The Hall–Kier alpha value is -1.28.